The molecular weight excluding hydrogens is 973 g/mol. The van der Waals surface area contributed by atoms with Crippen LogP contribution in [0.4, 0.5) is 0 Å². The summed E-state index contributed by atoms with van der Waals surface area (Å²) in [6.45, 7) is 2.33. The summed E-state index contributed by atoms with van der Waals surface area (Å²) in [6.07, 6.45) is 0. The maximum Gasteiger partial charge on any atom is 0.164 e. The van der Waals surface area contributed by atoms with E-state index in [2.05, 4.69) is 72.8 Å². The first-order valence-corrected chi connectivity index (χ1v) is 25.7. The Morgan fingerprint density at radius 3 is 0.423 bits per heavy atom. The molecule has 78 heavy (non-hydrogen) atoms. The van der Waals surface area contributed by atoms with Gasteiger partial charge in [-0.2, -0.15) is 0 Å². The van der Waals surface area contributed by atoms with Crippen LogP contribution in [0.25, 0.3) is 68.3 Å². The number of hydrogen-bond acceptors (Lipinski definition) is 12. The average Bonchev–Trinajstić information content (AvgIpc) is 3.51. The van der Waals surface area contributed by atoms with E-state index in [0.717, 1.165) is 101 Å². The Bertz CT molecular complexity index is 3160. The van der Waals surface area contributed by atoms with Crippen molar-refractivity contribution in [2.75, 3.05) is 0 Å². The van der Waals surface area contributed by atoms with Gasteiger partial charge < -0.3 is 28.4 Å². The lowest BCUT2D eigenvalue weighted by Gasteiger charge is -2.12. The lowest BCUT2D eigenvalue weighted by molar-refractivity contribution is 0.302. The number of rotatable bonds is 0. The zero-order chi connectivity index (χ0) is 52.0. The van der Waals surface area contributed by atoms with E-state index in [1.165, 1.54) is 0 Å². The molecule has 0 saturated heterocycles. The zero-order valence-electron chi connectivity index (χ0n) is 42.2. The fraction of sp³-hybridized carbons (Fsp3) is 0.0909. The van der Waals surface area contributed by atoms with Gasteiger partial charge in [-0.05, 0) is 179 Å². The van der Waals surface area contributed by atoms with Crippen LogP contribution in [-0.4, -0.2) is 29.9 Å². The lowest BCUT2D eigenvalue weighted by Crippen LogP contribution is -2.02. The first-order chi connectivity index (χ1) is 38.5. The second kappa shape index (κ2) is 21.6. The van der Waals surface area contributed by atoms with E-state index in [-0.39, 0.29) is 0 Å². The van der Waals surface area contributed by atoms with Crippen LogP contribution in [0.15, 0.2) is 218 Å². The van der Waals surface area contributed by atoms with Crippen molar-refractivity contribution in [3.05, 3.63) is 252 Å². The Balaban J connectivity index is 0.872. The van der Waals surface area contributed by atoms with Gasteiger partial charge in [-0.25, -0.2) is 29.9 Å². The molecule has 44 heterocycles. The van der Waals surface area contributed by atoms with Gasteiger partial charge in [0.15, 0.2) is 34.9 Å². The third-order valence-electron chi connectivity index (χ3n) is 13.4. The molecule has 24 bridgehead atoms. The Morgan fingerprint density at radius 2 is 0.295 bits per heavy atom. The summed E-state index contributed by atoms with van der Waals surface area (Å²) < 4.78 is 37.6. The molecular formula is C66H48N6O6. The molecule has 0 saturated carbocycles. The molecule has 0 N–H and O–H groups in total. The van der Waals surface area contributed by atoms with E-state index < -0.39 is 0 Å². The Hall–Kier alpha value is -10.2. The normalized spacial score (nSPS) is 12.9. The van der Waals surface area contributed by atoms with E-state index in [0.29, 0.717) is 74.6 Å². The van der Waals surface area contributed by atoms with Gasteiger partial charge in [0.1, 0.15) is 74.1 Å². The minimum atomic E-state index is 0.389. The summed E-state index contributed by atoms with van der Waals surface area (Å²) in [5, 5.41) is 0. The molecule has 2 aromatic heterocycles. The molecule has 42 aliphatic rings. The van der Waals surface area contributed by atoms with Crippen molar-refractivity contribution in [3.63, 3.8) is 0 Å². The first kappa shape index (κ1) is 47.5. The van der Waals surface area contributed by atoms with Gasteiger partial charge in [-0.15, -0.1) is 0 Å². The monoisotopic (exact) mass is 1020 g/mol. The second-order valence-electron chi connectivity index (χ2n) is 18.9. The fourth-order valence-corrected chi connectivity index (χ4v) is 8.92. The van der Waals surface area contributed by atoms with Gasteiger partial charge in [0, 0.05) is 33.4 Å². The average molecular weight is 1020 g/mol. The summed E-state index contributed by atoms with van der Waals surface area (Å²) in [5.74, 6) is 7.46. The van der Waals surface area contributed by atoms with Crippen molar-refractivity contribution in [1.82, 2.24) is 29.9 Å². The van der Waals surface area contributed by atoms with Crippen LogP contribution in [-0.2, 0) is 39.6 Å². The van der Waals surface area contributed by atoms with Crippen LogP contribution in [0, 0.1) is 0 Å². The third-order valence-corrected chi connectivity index (χ3v) is 13.4. The molecule has 53 rings (SSSR count). The van der Waals surface area contributed by atoms with Gasteiger partial charge in [-0.3, -0.25) is 0 Å². The van der Waals surface area contributed by atoms with Crippen LogP contribution in [0.5, 0.6) is 34.5 Å². The Labute approximate surface area is 450 Å². The van der Waals surface area contributed by atoms with Crippen LogP contribution in [0.2, 0.25) is 0 Å². The third kappa shape index (κ3) is 11.1. The molecule has 0 spiro atoms. The van der Waals surface area contributed by atoms with Crippen LogP contribution in [0.3, 0.4) is 0 Å². The van der Waals surface area contributed by atoms with Crippen molar-refractivity contribution in [2.24, 2.45) is 0 Å². The van der Waals surface area contributed by atoms with Gasteiger partial charge in [0.25, 0.3) is 0 Å². The van der Waals surface area contributed by atoms with E-state index in [1.807, 2.05) is 146 Å². The van der Waals surface area contributed by atoms with E-state index in [1.54, 1.807) is 0 Å². The lowest BCUT2D eigenvalue weighted by atomic mass is 10.1. The van der Waals surface area contributed by atoms with Gasteiger partial charge in [0.2, 0.25) is 0 Å². The molecule has 0 fully saturated rings. The first-order valence-electron chi connectivity index (χ1n) is 25.7. The minimum absolute atomic E-state index is 0.389. The molecule has 9 aromatic carbocycles. The number of hydrogen-bond donors (Lipinski definition) is 0. The topological polar surface area (TPSA) is 133 Å². The van der Waals surface area contributed by atoms with Gasteiger partial charge in [-0.1, -0.05) is 72.8 Å². The molecule has 12 nitrogen and oxygen atoms in total. The standard InChI is InChI=1S/C66H48N6O6/c1-2-44-4-3-43(1)37-73-55-25-13-49(14-26-55)61-67-63-51-17-29-57(30-18-51)75-39-45-5-9-47(10-6-45)41-77-59-33-21-53(22-34-59)65-69-62(50-15-27-56(28-16-50)74-38-44)70-66(72-65)54-23-35-60(36-24-54)78-42-48-11-7-46(8-12-48)40-76-58-31-19-52(20-32-58)64(68-61)71-63/h1-36H,37-42H2. The molecule has 378 valence electrons. The molecule has 0 unspecified atom stereocenters. The zero-order valence-corrected chi connectivity index (χ0v) is 42.2. The minimum Gasteiger partial charge on any atom is -0.489 e. The molecule has 42 aliphatic heterocycles. The van der Waals surface area contributed by atoms with E-state index >= 15 is 0 Å². The number of nitrogens with zero attached hydrogens (tertiary/aromatic N) is 6. The molecule has 12 heteroatoms. The maximum absolute atomic E-state index is 6.26. The second-order valence-corrected chi connectivity index (χ2v) is 18.9. The van der Waals surface area contributed by atoms with E-state index in [4.69, 9.17) is 58.3 Å². The highest BCUT2D eigenvalue weighted by Crippen LogP contribution is 2.32. The number of aromatic nitrogens is 6. The van der Waals surface area contributed by atoms with Crippen molar-refractivity contribution >= 4 is 0 Å². The van der Waals surface area contributed by atoms with Crippen LogP contribution >= 0.6 is 0 Å². The maximum atomic E-state index is 6.26. The number of benzene rings is 9. The summed E-state index contributed by atoms with van der Waals surface area (Å²) in [4.78, 5) is 30.0. The summed E-state index contributed by atoms with van der Waals surface area (Å²) >= 11 is 0. The molecule has 0 atom stereocenters. The highest BCUT2D eigenvalue weighted by Gasteiger charge is 2.16. The predicted molar refractivity (Wildman–Crippen MR) is 298 cm³/mol. The smallest absolute Gasteiger partial charge is 0.164 e. The van der Waals surface area contributed by atoms with Gasteiger partial charge in [0.05, 0.1) is 0 Å². The molecule has 11 aromatic rings. The summed E-state index contributed by atoms with van der Waals surface area (Å²) in [5.41, 5.74) is 11.0. The fourth-order valence-electron chi connectivity index (χ4n) is 8.92. The van der Waals surface area contributed by atoms with Gasteiger partial charge >= 0.3 is 0 Å². The largest absolute Gasteiger partial charge is 0.489 e. The van der Waals surface area contributed by atoms with Crippen molar-refractivity contribution < 1.29 is 28.4 Å². The molecule has 0 radical (unpaired) electrons. The molecule has 0 amide bonds. The predicted octanol–water partition coefficient (Wildman–Crippen LogP) is 14.2. The molecule has 0 aliphatic carbocycles. The highest BCUT2D eigenvalue weighted by molar-refractivity contribution is 5.69. The quantitative estimate of drug-likeness (QED) is 0.143. The SMILES string of the molecule is c1cc2ccc1COc1ccc(cc1)-c1nc3nc(n1)-c1ccc(cc1)OCc1ccc(cc1)COc1ccc(cc1)-c1nc(nc(n1)-c1ccc(cc1)OCc1ccc(cc1)COc1ccc-3cc1)-c1ccc(cc1)OC2. The number of ether oxygens (including phenoxy) is 6. The van der Waals surface area contributed by atoms with Crippen LogP contribution < -0.4 is 28.4 Å². The Kier molecular flexibility index (Phi) is 13.1. The van der Waals surface area contributed by atoms with Crippen LogP contribution in [0.1, 0.15) is 33.4 Å². The van der Waals surface area contributed by atoms with E-state index in [9.17, 15) is 0 Å². The summed E-state index contributed by atoms with van der Waals surface area (Å²) in [7, 11) is 0. The van der Waals surface area contributed by atoms with Crippen molar-refractivity contribution in [1.29, 1.82) is 0 Å². The highest BCUT2D eigenvalue weighted by atomic mass is 16.5. The summed E-state index contributed by atoms with van der Waals surface area (Å²) in [6, 6.07) is 71.6. The Morgan fingerprint density at radius 1 is 0.167 bits per heavy atom. The van der Waals surface area contributed by atoms with Crippen molar-refractivity contribution in [3.8, 4) is 103 Å². The van der Waals surface area contributed by atoms with Crippen molar-refractivity contribution in [2.45, 2.75) is 39.6 Å².